The van der Waals surface area contributed by atoms with Gasteiger partial charge < -0.3 is 0 Å². The molecule has 1 fully saturated rings. The largest absolute Gasteiger partial charge is 0.300 e. The van der Waals surface area contributed by atoms with E-state index in [-0.39, 0.29) is 28.5 Å². The average molecular weight is 231 g/mol. The van der Waals surface area contributed by atoms with Gasteiger partial charge in [0.2, 0.25) is 0 Å². The number of rotatable bonds is 0. The Labute approximate surface area is 101 Å². The number of ketones is 2. The summed E-state index contributed by atoms with van der Waals surface area (Å²) in [6.45, 7) is 5.80. The van der Waals surface area contributed by atoms with Gasteiger partial charge in [-0.1, -0.05) is 26.8 Å². The number of carbonyl (C=O) groups is 2. The molecule has 2 atom stereocenters. The molecule has 0 amide bonds. The molecular weight excluding hydrogens is 214 g/mol. The van der Waals surface area contributed by atoms with Gasteiger partial charge in [0.25, 0.3) is 0 Å². The minimum absolute atomic E-state index is 0.0724. The van der Waals surface area contributed by atoms with Gasteiger partial charge in [0, 0.05) is 18.3 Å². The van der Waals surface area contributed by atoms with Crippen LogP contribution in [0.5, 0.6) is 0 Å². The van der Waals surface area contributed by atoms with E-state index in [1.54, 1.807) is 6.08 Å². The summed E-state index contributed by atoms with van der Waals surface area (Å²) >= 11 is 0. The van der Waals surface area contributed by atoms with E-state index in [2.05, 4.69) is 0 Å². The molecule has 17 heavy (non-hydrogen) atoms. The van der Waals surface area contributed by atoms with Crippen LogP contribution >= 0.6 is 0 Å². The van der Waals surface area contributed by atoms with Crippen LogP contribution in [0.15, 0.2) is 11.6 Å². The van der Waals surface area contributed by atoms with Crippen molar-refractivity contribution in [1.29, 1.82) is 5.26 Å². The van der Waals surface area contributed by atoms with Crippen molar-refractivity contribution >= 4 is 11.6 Å². The second-order valence-electron chi connectivity index (χ2n) is 6.03. The van der Waals surface area contributed by atoms with E-state index in [9.17, 15) is 9.59 Å². The zero-order valence-corrected chi connectivity index (χ0v) is 10.5. The zero-order valence-electron chi connectivity index (χ0n) is 10.5. The average Bonchev–Trinajstić information content (AvgIpc) is 2.23. The highest BCUT2D eigenvalue weighted by atomic mass is 16.1. The molecule has 3 nitrogen and oxygen atoms in total. The lowest BCUT2D eigenvalue weighted by Crippen LogP contribution is -2.49. The first-order valence-electron chi connectivity index (χ1n) is 6.01. The molecule has 0 aromatic rings. The maximum atomic E-state index is 12.2. The lowest BCUT2D eigenvalue weighted by Gasteiger charge is -2.49. The van der Waals surface area contributed by atoms with Crippen LogP contribution in [0.4, 0.5) is 0 Å². The Bertz CT molecular complexity index is 467. The summed E-state index contributed by atoms with van der Waals surface area (Å²) in [5, 5.41) is 9.04. The molecule has 0 heterocycles. The van der Waals surface area contributed by atoms with Crippen LogP contribution in [0.1, 0.15) is 40.0 Å². The Kier molecular flexibility index (Phi) is 2.50. The predicted octanol–water partition coefficient (Wildman–Crippen LogP) is 2.42. The van der Waals surface area contributed by atoms with Gasteiger partial charge in [-0.25, -0.2) is 0 Å². The van der Waals surface area contributed by atoms with Crippen molar-refractivity contribution in [2.75, 3.05) is 0 Å². The Morgan fingerprint density at radius 1 is 1.35 bits per heavy atom. The van der Waals surface area contributed by atoms with E-state index in [0.29, 0.717) is 12.8 Å². The van der Waals surface area contributed by atoms with Crippen molar-refractivity contribution in [3.8, 4) is 6.07 Å². The number of hydrogen-bond donors (Lipinski definition) is 0. The van der Waals surface area contributed by atoms with E-state index in [1.165, 1.54) is 0 Å². The highest BCUT2D eigenvalue weighted by molar-refractivity contribution is 6.04. The third-order valence-electron chi connectivity index (χ3n) is 4.38. The standard InChI is InChI=1S/C14H17NO2/c1-13(2)11-5-4-10(16)7-14(11,3)6-9(8-15)12(13)17/h6,11H,4-5,7H2,1-3H3/t11-,14-/m0/s1. The molecule has 3 heteroatoms. The van der Waals surface area contributed by atoms with Crippen LogP contribution in [0.3, 0.4) is 0 Å². The predicted molar refractivity (Wildman–Crippen MR) is 62.9 cm³/mol. The van der Waals surface area contributed by atoms with Gasteiger partial charge in [0.1, 0.15) is 11.9 Å². The third kappa shape index (κ3) is 1.63. The number of carbonyl (C=O) groups excluding carboxylic acids is 2. The van der Waals surface area contributed by atoms with E-state index >= 15 is 0 Å². The lowest BCUT2D eigenvalue weighted by atomic mass is 9.52. The van der Waals surface area contributed by atoms with Crippen molar-refractivity contribution in [3.63, 3.8) is 0 Å². The van der Waals surface area contributed by atoms with Crippen molar-refractivity contribution in [3.05, 3.63) is 11.6 Å². The molecule has 1 saturated carbocycles. The summed E-state index contributed by atoms with van der Waals surface area (Å²) in [6, 6.07) is 1.98. The van der Waals surface area contributed by atoms with Crippen LogP contribution in [-0.2, 0) is 9.59 Å². The quantitative estimate of drug-likeness (QED) is 0.643. The summed E-state index contributed by atoms with van der Waals surface area (Å²) in [7, 11) is 0. The summed E-state index contributed by atoms with van der Waals surface area (Å²) in [5.41, 5.74) is -0.629. The molecule has 0 spiro atoms. The molecule has 2 aliphatic rings. The zero-order chi connectivity index (χ0) is 12.8. The first-order chi connectivity index (χ1) is 7.81. The minimum atomic E-state index is -0.532. The highest BCUT2D eigenvalue weighted by Gasteiger charge is 2.53. The first-order valence-corrected chi connectivity index (χ1v) is 6.01. The molecule has 0 radical (unpaired) electrons. The summed E-state index contributed by atoms with van der Waals surface area (Å²) in [5.74, 6) is 0.330. The number of fused-ring (bicyclic) bond motifs is 1. The Morgan fingerprint density at radius 2 is 2.00 bits per heavy atom. The fourth-order valence-electron chi connectivity index (χ4n) is 3.59. The SMILES string of the molecule is CC1(C)C(=O)C(C#N)=C[C@@]2(C)CC(=O)CC[C@@H]12. The number of Topliss-reactive ketones (excluding diaryl/α,β-unsaturated/α-hetero) is 2. The fraction of sp³-hybridized carbons (Fsp3) is 0.643. The Balaban J connectivity index is 2.55. The maximum absolute atomic E-state index is 12.2. The molecule has 2 rings (SSSR count). The third-order valence-corrected chi connectivity index (χ3v) is 4.38. The smallest absolute Gasteiger partial charge is 0.178 e. The van der Waals surface area contributed by atoms with Gasteiger partial charge in [-0.3, -0.25) is 9.59 Å². The molecule has 0 bridgehead atoms. The van der Waals surface area contributed by atoms with Crippen molar-refractivity contribution < 1.29 is 9.59 Å². The molecule has 0 aromatic carbocycles. The molecule has 90 valence electrons. The summed E-state index contributed by atoms with van der Waals surface area (Å²) in [4.78, 5) is 23.8. The van der Waals surface area contributed by atoms with E-state index in [0.717, 1.165) is 6.42 Å². The summed E-state index contributed by atoms with van der Waals surface area (Å²) in [6.07, 6.45) is 3.51. The minimum Gasteiger partial charge on any atom is -0.300 e. The van der Waals surface area contributed by atoms with Gasteiger partial charge in [-0.2, -0.15) is 5.26 Å². The van der Waals surface area contributed by atoms with Crippen LogP contribution in [0, 0.1) is 28.1 Å². The highest BCUT2D eigenvalue weighted by Crippen LogP contribution is 2.54. The van der Waals surface area contributed by atoms with Crippen LogP contribution in [0.25, 0.3) is 0 Å². The number of nitriles is 1. The number of hydrogen-bond acceptors (Lipinski definition) is 3. The molecular formula is C14H17NO2. The topological polar surface area (TPSA) is 57.9 Å². The molecule has 0 N–H and O–H groups in total. The maximum Gasteiger partial charge on any atom is 0.178 e. The molecule has 0 aromatic heterocycles. The Hall–Kier alpha value is -1.43. The number of allylic oxidation sites excluding steroid dienone is 2. The van der Waals surface area contributed by atoms with Crippen LogP contribution in [-0.4, -0.2) is 11.6 Å². The van der Waals surface area contributed by atoms with Gasteiger partial charge >= 0.3 is 0 Å². The molecule has 2 aliphatic carbocycles. The molecule has 0 saturated heterocycles. The van der Waals surface area contributed by atoms with Crippen LogP contribution in [0.2, 0.25) is 0 Å². The second-order valence-corrected chi connectivity index (χ2v) is 6.03. The fourth-order valence-corrected chi connectivity index (χ4v) is 3.59. The van der Waals surface area contributed by atoms with Crippen LogP contribution < -0.4 is 0 Å². The van der Waals surface area contributed by atoms with Gasteiger partial charge in [0.05, 0.1) is 5.57 Å². The lowest BCUT2D eigenvalue weighted by molar-refractivity contribution is -0.136. The van der Waals surface area contributed by atoms with E-state index in [4.69, 9.17) is 5.26 Å². The molecule has 0 unspecified atom stereocenters. The number of nitrogens with zero attached hydrogens (tertiary/aromatic N) is 1. The van der Waals surface area contributed by atoms with Crippen molar-refractivity contribution in [1.82, 2.24) is 0 Å². The van der Waals surface area contributed by atoms with E-state index in [1.807, 2.05) is 26.8 Å². The van der Waals surface area contributed by atoms with E-state index < -0.39 is 5.41 Å². The summed E-state index contributed by atoms with van der Waals surface area (Å²) < 4.78 is 0. The monoisotopic (exact) mass is 231 g/mol. The Morgan fingerprint density at radius 3 is 2.59 bits per heavy atom. The van der Waals surface area contributed by atoms with Gasteiger partial charge in [-0.15, -0.1) is 0 Å². The van der Waals surface area contributed by atoms with Gasteiger partial charge in [0.15, 0.2) is 5.78 Å². The van der Waals surface area contributed by atoms with Crippen molar-refractivity contribution in [2.45, 2.75) is 40.0 Å². The van der Waals surface area contributed by atoms with Crippen molar-refractivity contribution in [2.24, 2.45) is 16.7 Å². The van der Waals surface area contributed by atoms with Gasteiger partial charge in [-0.05, 0) is 17.8 Å². The second kappa shape index (κ2) is 3.53. The normalized spacial score (nSPS) is 35.9. The molecule has 0 aliphatic heterocycles. The first kappa shape index (κ1) is 12.0.